The summed E-state index contributed by atoms with van der Waals surface area (Å²) in [5, 5.41) is 16.6. The van der Waals surface area contributed by atoms with Gasteiger partial charge in [0.25, 0.3) is 0 Å². The Hall–Kier alpha value is -4.21. The van der Waals surface area contributed by atoms with Crippen molar-refractivity contribution in [3.05, 3.63) is 84.7 Å². The van der Waals surface area contributed by atoms with Crippen LogP contribution in [0.2, 0.25) is 0 Å². The predicted octanol–water partition coefficient (Wildman–Crippen LogP) is 3.99. The van der Waals surface area contributed by atoms with E-state index >= 15 is 0 Å². The first-order valence-corrected chi connectivity index (χ1v) is 10.6. The zero-order valence-electron chi connectivity index (χ0n) is 17.4. The maximum atomic E-state index is 14.5. The van der Waals surface area contributed by atoms with Crippen LogP contribution in [0.1, 0.15) is 24.4 Å². The molecule has 164 valence electrons. The summed E-state index contributed by atoms with van der Waals surface area (Å²) in [5.74, 6) is -0.172. The van der Waals surface area contributed by atoms with Gasteiger partial charge in [0.2, 0.25) is 0 Å². The van der Waals surface area contributed by atoms with Gasteiger partial charge in [0.05, 0.1) is 30.8 Å². The van der Waals surface area contributed by atoms with Crippen LogP contribution in [0.15, 0.2) is 67.5 Å². The summed E-state index contributed by atoms with van der Waals surface area (Å²) in [5.41, 5.74) is 3.46. The van der Waals surface area contributed by atoms with Gasteiger partial charge in [0.15, 0.2) is 5.65 Å². The largest absolute Gasteiger partial charge is 0.349 e. The van der Waals surface area contributed by atoms with Gasteiger partial charge in [-0.05, 0) is 43.2 Å². The summed E-state index contributed by atoms with van der Waals surface area (Å²) in [6, 6.07) is 7.02. The van der Waals surface area contributed by atoms with Gasteiger partial charge in [-0.1, -0.05) is 0 Å². The lowest BCUT2D eigenvalue weighted by Crippen LogP contribution is -2.24. The summed E-state index contributed by atoms with van der Waals surface area (Å²) in [4.78, 5) is 6.85. The summed E-state index contributed by atoms with van der Waals surface area (Å²) in [7, 11) is 0. The van der Waals surface area contributed by atoms with Crippen LogP contribution in [-0.2, 0) is 0 Å². The zero-order chi connectivity index (χ0) is 22.4. The average molecular weight is 444 g/mol. The second kappa shape index (κ2) is 7.73. The summed E-state index contributed by atoms with van der Waals surface area (Å²) >= 11 is 0. The monoisotopic (exact) mass is 444 g/mol. The minimum Gasteiger partial charge on any atom is -0.349 e. The van der Waals surface area contributed by atoms with E-state index in [4.69, 9.17) is 4.98 Å². The Bertz CT molecular complexity index is 1450. The molecule has 1 aromatic carbocycles. The highest BCUT2D eigenvalue weighted by Gasteiger charge is 2.30. The number of rotatable bonds is 4. The van der Waals surface area contributed by atoms with Crippen molar-refractivity contribution in [1.82, 2.24) is 34.6 Å². The van der Waals surface area contributed by atoms with Gasteiger partial charge in [0.1, 0.15) is 23.1 Å². The van der Waals surface area contributed by atoms with E-state index in [-0.39, 0.29) is 6.04 Å². The van der Waals surface area contributed by atoms with E-state index in [2.05, 4.69) is 20.4 Å². The van der Waals surface area contributed by atoms with E-state index in [0.29, 0.717) is 29.3 Å². The second-order valence-electron chi connectivity index (χ2n) is 7.91. The van der Waals surface area contributed by atoms with Crippen LogP contribution >= 0.6 is 0 Å². The molecule has 10 heteroatoms. The summed E-state index contributed by atoms with van der Waals surface area (Å²) in [6.07, 6.45) is 12.0. The minimum atomic E-state index is -0.446. The lowest BCUT2D eigenvalue weighted by atomic mass is 10.0. The molecule has 1 aliphatic heterocycles. The molecule has 1 unspecified atom stereocenters. The van der Waals surface area contributed by atoms with Gasteiger partial charge in [0, 0.05) is 35.6 Å². The number of hydrogen-bond donors (Lipinski definition) is 0. The molecule has 5 heterocycles. The Morgan fingerprint density at radius 1 is 0.939 bits per heavy atom. The number of nitrogens with zero attached hydrogens (tertiary/aromatic N) is 8. The number of fused-ring (bicyclic) bond motifs is 1. The Balaban J connectivity index is 1.38. The molecule has 1 fully saturated rings. The first kappa shape index (κ1) is 19.5. The van der Waals surface area contributed by atoms with Crippen molar-refractivity contribution >= 4 is 11.5 Å². The van der Waals surface area contributed by atoms with Crippen molar-refractivity contribution < 1.29 is 8.78 Å². The predicted molar refractivity (Wildman–Crippen MR) is 117 cm³/mol. The van der Waals surface area contributed by atoms with Crippen molar-refractivity contribution in [2.45, 2.75) is 18.9 Å². The quantitative estimate of drug-likeness (QED) is 0.417. The Labute approximate surface area is 187 Å². The van der Waals surface area contributed by atoms with E-state index in [1.54, 1.807) is 34.0 Å². The van der Waals surface area contributed by atoms with Crippen LogP contribution in [0.5, 0.6) is 0 Å². The normalized spacial score (nSPS) is 16.1. The van der Waals surface area contributed by atoms with Crippen molar-refractivity contribution in [2.24, 2.45) is 0 Å². The van der Waals surface area contributed by atoms with E-state index in [1.165, 1.54) is 12.1 Å². The standard InChI is InChI=1S/C23H18F2N8/c24-17-3-4-19(25)18(10-17)20-2-1-8-31(20)22-6-9-32-23(30-22)21(13-29-32)33-14-16(12-28-33)15-5-7-26-27-11-15/h3-7,9-14,20H,1-2,8H2. The number of halogens is 2. The number of benzene rings is 1. The van der Waals surface area contributed by atoms with Gasteiger partial charge in [-0.15, -0.1) is 0 Å². The van der Waals surface area contributed by atoms with Gasteiger partial charge >= 0.3 is 0 Å². The molecular weight excluding hydrogens is 426 g/mol. The molecule has 6 rings (SSSR count). The lowest BCUT2D eigenvalue weighted by Gasteiger charge is -2.26. The molecule has 0 radical (unpaired) electrons. The van der Waals surface area contributed by atoms with Crippen molar-refractivity contribution in [3.63, 3.8) is 0 Å². The van der Waals surface area contributed by atoms with Gasteiger partial charge < -0.3 is 4.90 Å². The first-order valence-electron chi connectivity index (χ1n) is 10.6. The fourth-order valence-corrected chi connectivity index (χ4v) is 4.37. The molecule has 0 saturated carbocycles. The van der Waals surface area contributed by atoms with Crippen LogP contribution in [0.4, 0.5) is 14.6 Å². The molecule has 5 aromatic rings. The molecule has 0 aliphatic carbocycles. The van der Waals surface area contributed by atoms with Crippen LogP contribution in [-0.4, -0.2) is 41.1 Å². The number of aromatic nitrogens is 7. The van der Waals surface area contributed by atoms with Gasteiger partial charge in [-0.25, -0.2) is 23.0 Å². The third-order valence-corrected chi connectivity index (χ3v) is 5.95. The molecule has 1 aliphatic rings. The smallest absolute Gasteiger partial charge is 0.183 e. The fourth-order valence-electron chi connectivity index (χ4n) is 4.37. The zero-order valence-corrected chi connectivity index (χ0v) is 17.4. The highest BCUT2D eigenvalue weighted by atomic mass is 19.1. The van der Waals surface area contributed by atoms with E-state index in [0.717, 1.165) is 30.0 Å². The topological polar surface area (TPSA) is 77.0 Å². The molecule has 0 N–H and O–H groups in total. The lowest BCUT2D eigenvalue weighted by molar-refractivity contribution is 0.560. The van der Waals surface area contributed by atoms with E-state index < -0.39 is 11.6 Å². The Kier molecular flexibility index (Phi) is 4.56. The van der Waals surface area contributed by atoms with Crippen molar-refractivity contribution in [3.8, 4) is 16.8 Å². The van der Waals surface area contributed by atoms with Crippen molar-refractivity contribution in [1.29, 1.82) is 0 Å². The van der Waals surface area contributed by atoms with Crippen molar-refractivity contribution in [2.75, 3.05) is 11.4 Å². The fraction of sp³-hybridized carbons (Fsp3) is 0.174. The average Bonchev–Trinajstić information content (AvgIpc) is 3.60. The molecule has 33 heavy (non-hydrogen) atoms. The maximum Gasteiger partial charge on any atom is 0.183 e. The number of anilines is 1. The van der Waals surface area contributed by atoms with Crippen LogP contribution in [0, 0.1) is 11.6 Å². The first-order chi connectivity index (χ1) is 16.2. The summed E-state index contributed by atoms with van der Waals surface area (Å²) in [6.45, 7) is 0.703. The highest BCUT2D eigenvalue weighted by molar-refractivity contribution is 5.64. The van der Waals surface area contributed by atoms with E-state index in [9.17, 15) is 8.78 Å². The Morgan fingerprint density at radius 2 is 1.88 bits per heavy atom. The SMILES string of the molecule is Fc1ccc(F)c(C2CCCN2c2ccn3ncc(-n4cc(-c5ccnnc5)cn4)c3n2)c1. The molecule has 1 saturated heterocycles. The van der Waals surface area contributed by atoms with E-state index in [1.807, 2.05) is 29.4 Å². The third kappa shape index (κ3) is 3.39. The molecule has 4 aromatic heterocycles. The molecule has 0 spiro atoms. The van der Waals surface area contributed by atoms with Crippen LogP contribution in [0.25, 0.3) is 22.5 Å². The second-order valence-corrected chi connectivity index (χ2v) is 7.91. The molecule has 0 bridgehead atoms. The number of hydrogen-bond acceptors (Lipinski definition) is 6. The molecule has 0 amide bonds. The Morgan fingerprint density at radius 3 is 2.76 bits per heavy atom. The third-order valence-electron chi connectivity index (χ3n) is 5.95. The van der Waals surface area contributed by atoms with Gasteiger partial charge in [-0.3, -0.25) is 0 Å². The van der Waals surface area contributed by atoms with Gasteiger partial charge in [-0.2, -0.15) is 20.4 Å². The highest BCUT2D eigenvalue weighted by Crippen LogP contribution is 2.37. The summed E-state index contributed by atoms with van der Waals surface area (Å²) < 4.78 is 31.7. The maximum absolute atomic E-state index is 14.5. The minimum absolute atomic E-state index is 0.280. The van der Waals surface area contributed by atoms with Crippen LogP contribution in [0.3, 0.4) is 0 Å². The molecule has 1 atom stereocenters. The van der Waals surface area contributed by atoms with Crippen LogP contribution < -0.4 is 4.90 Å². The molecular formula is C23H18F2N8. The molecule has 8 nitrogen and oxygen atoms in total.